The van der Waals surface area contributed by atoms with Crippen LogP contribution in [-0.2, 0) is 35.7 Å². The molecule has 1 aliphatic rings. The zero-order valence-electron chi connectivity index (χ0n) is 15.7. The van der Waals surface area contributed by atoms with E-state index in [0.717, 1.165) is 6.08 Å². The molecule has 4 N–H and O–H groups in total. The lowest BCUT2D eigenvalue weighted by atomic mass is 10.1. The number of nitrogens with zero attached hydrogens (tertiary/aromatic N) is 3. The largest absolute Gasteiger partial charge is 0.476 e. The first kappa shape index (κ1) is 23.9. The molecule has 1 aromatic heterocycles. The zero-order valence-corrected chi connectivity index (χ0v) is 17.3. The van der Waals surface area contributed by atoms with Crippen LogP contribution in [0.3, 0.4) is 0 Å². The lowest BCUT2D eigenvalue weighted by molar-refractivity contribution is -0.129. The van der Waals surface area contributed by atoms with Gasteiger partial charge in [-0.1, -0.05) is 18.2 Å². The molecule has 168 valence electrons. The molecule has 0 atom stereocenters. The van der Waals surface area contributed by atoms with Gasteiger partial charge in [0.15, 0.2) is 17.5 Å². The number of carboxylic acids is 1. The average Bonchev–Trinajstić information content (AvgIpc) is 3.03. The minimum Gasteiger partial charge on any atom is -0.476 e. The van der Waals surface area contributed by atoms with Gasteiger partial charge in [-0.2, -0.15) is 21.9 Å². The first-order valence-corrected chi connectivity index (χ1v) is 11.3. The van der Waals surface area contributed by atoms with E-state index in [0.29, 0.717) is 10.4 Å². The number of carboxylic acid groups (broad SMARTS) is 1. The number of carbonyl (C=O) groups excluding carboxylic acids is 1. The Labute approximate surface area is 175 Å². The minimum atomic E-state index is -4.63. The van der Waals surface area contributed by atoms with Crippen LogP contribution >= 0.6 is 0 Å². The number of hydrazone groups is 1. The predicted molar refractivity (Wildman–Crippen MR) is 106 cm³/mol. The Bertz CT molecular complexity index is 1310. The third-order valence-electron chi connectivity index (χ3n) is 3.65. The normalized spacial score (nSPS) is 16.7. The van der Waals surface area contributed by atoms with E-state index in [1.54, 1.807) is 0 Å². The van der Waals surface area contributed by atoms with Gasteiger partial charge in [-0.25, -0.2) is 14.5 Å². The van der Waals surface area contributed by atoms with Gasteiger partial charge in [0.1, 0.15) is 0 Å². The summed E-state index contributed by atoms with van der Waals surface area (Å²) in [7, 11) is -9.07. The molecule has 31 heavy (non-hydrogen) atoms. The molecule has 0 radical (unpaired) electrons. The number of aryl methyl sites for hydroxylation is 1. The van der Waals surface area contributed by atoms with Crippen molar-refractivity contribution in [2.24, 2.45) is 5.10 Å². The topological polar surface area (TPSA) is 216 Å². The SMILES string of the molecule is Cc1[nH]n(CS(=O)(=O)O)c(=O)c1\C=C/C=C\C=C1/C(=O)N(CS(=O)(=O)O)N=C1C(=O)O. The Morgan fingerprint density at radius 2 is 1.68 bits per heavy atom. The van der Waals surface area contributed by atoms with Gasteiger partial charge in [0, 0.05) is 5.69 Å². The number of nitrogens with one attached hydrogen (secondary N) is 1. The highest BCUT2D eigenvalue weighted by atomic mass is 32.2. The molecule has 0 unspecified atom stereocenters. The molecular weight excluding hydrogens is 460 g/mol. The van der Waals surface area contributed by atoms with Crippen LogP contribution in [0.15, 0.2) is 39.8 Å². The molecule has 1 aliphatic heterocycles. The second-order valence-corrected chi connectivity index (χ2v) is 8.93. The fourth-order valence-electron chi connectivity index (χ4n) is 2.45. The number of aliphatic carboxylic acids is 1. The van der Waals surface area contributed by atoms with Gasteiger partial charge in [-0.3, -0.25) is 23.8 Å². The van der Waals surface area contributed by atoms with Crippen molar-refractivity contribution in [3.05, 3.63) is 51.5 Å². The number of H-pyrrole nitrogens is 1. The summed E-state index contributed by atoms with van der Waals surface area (Å²) in [5, 5.41) is 15.2. The standard InChI is InChI=1S/C15H16N4O10S2/c1-9-10(13(20)18(16-9)7-30(24,25)26)5-3-2-4-6-11-12(15(22)23)17-19(14(11)21)8-31(27,28)29/h2-6,16H,7-8H2,1H3,(H,22,23)(H,24,25,26)(H,27,28,29)/b4-2-,5-3-,11-6-. The van der Waals surface area contributed by atoms with Crippen LogP contribution < -0.4 is 5.56 Å². The van der Waals surface area contributed by atoms with Gasteiger partial charge < -0.3 is 5.11 Å². The van der Waals surface area contributed by atoms with Gasteiger partial charge in [0.05, 0.1) is 11.1 Å². The number of rotatable bonds is 8. The van der Waals surface area contributed by atoms with Crippen molar-refractivity contribution < 1.29 is 40.6 Å². The fraction of sp³-hybridized carbons (Fsp3) is 0.200. The Morgan fingerprint density at radius 1 is 1.06 bits per heavy atom. The van der Waals surface area contributed by atoms with Crippen LogP contribution in [0.4, 0.5) is 0 Å². The molecule has 2 heterocycles. The first-order valence-electron chi connectivity index (χ1n) is 8.08. The molecule has 16 heteroatoms. The number of amides is 1. The van der Waals surface area contributed by atoms with Gasteiger partial charge in [0.25, 0.3) is 31.7 Å². The summed E-state index contributed by atoms with van der Waals surface area (Å²) >= 11 is 0. The third-order valence-corrected chi connectivity index (χ3v) is 4.81. The quantitative estimate of drug-likeness (QED) is 0.203. The lowest BCUT2D eigenvalue weighted by Gasteiger charge is -2.07. The van der Waals surface area contributed by atoms with Gasteiger partial charge in [-0.15, -0.1) is 0 Å². The van der Waals surface area contributed by atoms with Crippen molar-refractivity contribution in [3.8, 4) is 0 Å². The number of aromatic nitrogens is 2. The van der Waals surface area contributed by atoms with Crippen LogP contribution in [0.25, 0.3) is 6.08 Å². The first-order chi connectivity index (χ1) is 14.2. The lowest BCUT2D eigenvalue weighted by Crippen LogP contribution is -2.28. The Morgan fingerprint density at radius 3 is 2.23 bits per heavy atom. The molecular formula is C15H16N4O10S2. The molecule has 0 bridgehead atoms. The van der Waals surface area contributed by atoms with E-state index < -0.39 is 60.7 Å². The van der Waals surface area contributed by atoms with E-state index in [9.17, 15) is 31.2 Å². The predicted octanol–water partition coefficient (Wildman–Crippen LogP) is -1.05. The Balaban J connectivity index is 2.22. The molecule has 0 saturated heterocycles. The van der Waals surface area contributed by atoms with Crippen LogP contribution in [-0.4, -0.2) is 69.3 Å². The van der Waals surface area contributed by atoms with E-state index >= 15 is 0 Å². The third kappa shape index (κ3) is 6.32. The molecule has 0 aliphatic carbocycles. The number of hydrogen-bond acceptors (Lipinski definition) is 8. The average molecular weight is 476 g/mol. The summed E-state index contributed by atoms with van der Waals surface area (Å²) in [6, 6.07) is 0. The Kier molecular flexibility index (Phi) is 6.80. The van der Waals surface area contributed by atoms with Gasteiger partial charge in [0.2, 0.25) is 0 Å². The van der Waals surface area contributed by atoms with Crippen molar-refractivity contribution in [1.82, 2.24) is 14.8 Å². The number of aromatic amines is 1. The van der Waals surface area contributed by atoms with E-state index in [2.05, 4.69) is 10.2 Å². The molecule has 14 nitrogen and oxygen atoms in total. The van der Waals surface area contributed by atoms with E-state index in [1.165, 1.54) is 31.2 Å². The van der Waals surface area contributed by atoms with Crippen LogP contribution in [0, 0.1) is 6.92 Å². The number of hydrogen-bond donors (Lipinski definition) is 4. The molecule has 0 saturated carbocycles. The van der Waals surface area contributed by atoms with Crippen LogP contribution in [0.1, 0.15) is 11.3 Å². The van der Waals surface area contributed by atoms with Crippen molar-refractivity contribution in [2.45, 2.75) is 12.8 Å². The van der Waals surface area contributed by atoms with Crippen molar-refractivity contribution >= 4 is 43.9 Å². The van der Waals surface area contributed by atoms with E-state index in [1.807, 2.05) is 0 Å². The monoisotopic (exact) mass is 476 g/mol. The molecule has 0 aromatic carbocycles. The molecule has 2 rings (SSSR count). The summed E-state index contributed by atoms with van der Waals surface area (Å²) in [5.41, 5.74) is -1.48. The Hall–Kier alpha value is -3.34. The van der Waals surface area contributed by atoms with Gasteiger partial charge in [-0.05, 0) is 19.1 Å². The maximum Gasteiger partial charge on any atom is 0.357 e. The second-order valence-electron chi connectivity index (χ2n) is 6.09. The summed E-state index contributed by atoms with van der Waals surface area (Å²) in [4.78, 5) is 35.5. The number of allylic oxidation sites excluding steroid dienone is 4. The second kappa shape index (κ2) is 8.80. The zero-order chi connectivity index (χ0) is 23.6. The minimum absolute atomic E-state index is 0.0880. The maximum atomic E-state index is 12.1. The molecule has 1 amide bonds. The summed E-state index contributed by atoms with van der Waals surface area (Å²) in [6.45, 7) is 1.49. The van der Waals surface area contributed by atoms with Gasteiger partial charge >= 0.3 is 5.97 Å². The summed E-state index contributed by atoms with van der Waals surface area (Å²) < 4.78 is 62.0. The molecule has 1 aromatic rings. The van der Waals surface area contributed by atoms with Crippen LogP contribution in [0.5, 0.6) is 0 Å². The fourth-order valence-corrected chi connectivity index (χ4v) is 3.44. The van der Waals surface area contributed by atoms with E-state index in [-0.39, 0.29) is 10.6 Å². The number of carbonyl (C=O) groups is 2. The van der Waals surface area contributed by atoms with Crippen molar-refractivity contribution in [3.63, 3.8) is 0 Å². The highest BCUT2D eigenvalue weighted by molar-refractivity contribution is 7.85. The maximum absolute atomic E-state index is 12.1. The molecule has 0 spiro atoms. The van der Waals surface area contributed by atoms with E-state index in [4.69, 9.17) is 14.2 Å². The van der Waals surface area contributed by atoms with Crippen molar-refractivity contribution in [1.29, 1.82) is 0 Å². The van der Waals surface area contributed by atoms with Crippen molar-refractivity contribution in [2.75, 3.05) is 5.88 Å². The highest BCUT2D eigenvalue weighted by Crippen LogP contribution is 2.16. The van der Waals surface area contributed by atoms with Crippen LogP contribution in [0.2, 0.25) is 0 Å². The smallest absolute Gasteiger partial charge is 0.357 e. The summed E-state index contributed by atoms with van der Waals surface area (Å²) in [6.07, 6.45) is 6.21. The summed E-state index contributed by atoms with van der Waals surface area (Å²) in [5.74, 6) is -4.82. The highest BCUT2D eigenvalue weighted by Gasteiger charge is 2.35. The molecule has 0 fully saturated rings.